The Morgan fingerprint density at radius 3 is 1.68 bits per heavy atom. The summed E-state index contributed by atoms with van der Waals surface area (Å²) in [5.41, 5.74) is 0.459. The molecule has 1 aromatic heterocycles. The number of benzene rings is 3. The lowest BCUT2D eigenvalue weighted by atomic mass is 9.80. The predicted molar refractivity (Wildman–Crippen MR) is 153 cm³/mol. The van der Waals surface area contributed by atoms with E-state index in [2.05, 4.69) is 15.5 Å². The molecule has 0 fully saturated rings. The number of aromatic nitrogens is 1. The number of hydrogen-bond donors (Lipinski definition) is 1. The molecule has 1 heterocycles. The van der Waals surface area contributed by atoms with E-state index >= 15 is 0 Å². The molecule has 0 saturated carbocycles. The smallest absolute Gasteiger partial charge is 0.413 e. The van der Waals surface area contributed by atoms with Crippen molar-refractivity contribution in [2.24, 2.45) is 5.16 Å². The number of rotatable bonds is 8. The molecule has 1 N–H and O–H groups in total. The second-order valence-electron chi connectivity index (χ2n) is 9.84. The predicted octanol–water partition coefficient (Wildman–Crippen LogP) is 6.31. The molecular formula is C32H31N3O5. The molecular weight excluding hydrogens is 506 g/mol. The Balaban J connectivity index is 1.83. The Morgan fingerprint density at radius 2 is 1.23 bits per heavy atom. The van der Waals surface area contributed by atoms with Crippen molar-refractivity contribution in [1.82, 2.24) is 4.98 Å². The van der Waals surface area contributed by atoms with E-state index in [4.69, 9.17) is 14.3 Å². The van der Waals surface area contributed by atoms with E-state index in [1.54, 1.807) is 39.0 Å². The highest BCUT2D eigenvalue weighted by atomic mass is 16.7. The number of pyridine rings is 1. The van der Waals surface area contributed by atoms with Crippen molar-refractivity contribution in [3.63, 3.8) is 0 Å². The molecule has 0 atom stereocenters. The van der Waals surface area contributed by atoms with E-state index in [0.717, 1.165) is 16.7 Å². The van der Waals surface area contributed by atoms with Crippen LogP contribution in [-0.2, 0) is 24.7 Å². The van der Waals surface area contributed by atoms with Crippen LogP contribution in [0.4, 0.5) is 10.6 Å². The number of nitrogens with one attached hydrogen (secondary N) is 1. The zero-order chi connectivity index (χ0) is 28.6. The van der Waals surface area contributed by atoms with Crippen LogP contribution >= 0.6 is 0 Å². The summed E-state index contributed by atoms with van der Waals surface area (Å²) in [5, 5.41) is 6.96. The van der Waals surface area contributed by atoms with Crippen molar-refractivity contribution in [1.29, 1.82) is 0 Å². The zero-order valence-corrected chi connectivity index (χ0v) is 22.8. The fraction of sp³-hybridized carbons (Fsp3) is 0.188. The number of esters is 1. The van der Waals surface area contributed by atoms with Gasteiger partial charge in [0.25, 0.3) is 0 Å². The van der Waals surface area contributed by atoms with Crippen LogP contribution in [0.3, 0.4) is 0 Å². The van der Waals surface area contributed by atoms with E-state index in [9.17, 15) is 9.59 Å². The number of carbonyl (C=O) groups is 2. The molecule has 204 valence electrons. The van der Waals surface area contributed by atoms with Gasteiger partial charge in [-0.25, -0.2) is 14.6 Å². The molecule has 8 nitrogen and oxygen atoms in total. The minimum absolute atomic E-state index is 0.142. The van der Waals surface area contributed by atoms with Gasteiger partial charge in [-0.15, -0.1) is 0 Å². The molecule has 0 aliphatic rings. The molecule has 4 aromatic rings. The first-order chi connectivity index (χ1) is 19.2. The third kappa shape index (κ3) is 6.53. The summed E-state index contributed by atoms with van der Waals surface area (Å²) in [5.74, 6) is -0.589. The Labute approximate surface area is 233 Å². The lowest BCUT2D eigenvalue weighted by Gasteiger charge is -2.33. The lowest BCUT2D eigenvalue weighted by molar-refractivity contribution is -0.133. The number of anilines is 1. The van der Waals surface area contributed by atoms with Crippen molar-refractivity contribution in [3.8, 4) is 0 Å². The van der Waals surface area contributed by atoms with E-state index in [0.29, 0.717) is 0 Å². The standard InChI is InChI=1S/C32H31N3O5/c1-31(2,3)39-30(37)34-27-22-14-21-26(33-27)28(29(36)38-4)35-40-32(23-15-8-5-9-16-23,24-17-10-6-11-18-24)25-19-12-7-13-20-25/h5-22H,1-4H3,(H,33,34,37)/b35-28-. The van der Waals surface area contributed by atoms with Gasteiger partial charge in [0.15, 0.2) is 0 Å². The molecule has 0 aliphatic heterocycles. The average molecular weight is 538 g/mol. The summed E-state index contributed by atoms with van der Waals surface area (Å²) >= 11 is 0. The van der Waals surface area contributed by atoms with Crippen LogP contribution in [0.25, 0.3) is 0 Å². The van der Waals surface area contributed by atoms with Gasteiger partial charge in [-0.3, -0.25) is 5.32 Å². The molecule has 4 rings (SSSR count). The monoisotopic (exact) mass is 537 g/mol. The third-order valence-corrected chi connectivity index (χ3v) is 5.81. The van der Waals surface area contributed by atoms with E-state index < -0.39 is 23.3 Å². The highest BCUT2D eigenvalue weighted by molar-refractivity contribution is 6.42. The molecule has 0 bridgehead atoms. The van der Waals surface area contributed by atoms with Gasteiger partial charge in [-0.1, -0.05) is 102 Å². The quantitative estimate of drug-likeness (QED) is 0.122. The van der Waals surface area contributed by atoms with Crippen molar-refractivity contribution in [2.45, 2.75) is 32.0 Å². The van der Waals surface area contributed by atoms with Crippen LogP contribution in [0.2, 0.25) is 0 Å². The number of hydrogen-bond acceptors (Lipinski definition) is 7. The van der Waals surface area contributed by atoms with Crippen LogP contribution in [0, 0.1) is 0 Å². The van der Waals surface area contributed by atoms with Gasteiger partial charge in [0.05, 0.1) is 7.11 Å². The van der Waals surface area contributed by atoms with Gasteiger partial charge in [0, 0.05) is 16.7 Å². The summed E-state index contributed by atoms with van der Waals surface area (Å²) in [6.45, 7) is 5.27. The number of methoxy groups -OCH3 is 1. The number of ether oxygens (including phenoxy) is 2. The first kappa shape index (κ1) is 28.0. The highest BCUT2D eigenvalue weighted by Crippen LogP contribution is 2.40. The summed E-state index contributed by atoms with van der Waals surface area (Å²) in [6.07, 6.45) is -0.679. The fourth-order valence-electron chi connectivity index (χ4n) is 4.12. The summed E-state index contributed by atoms with van der Waals surface area (Å²) in [4.78, 5) is 36.1. The number of carbonyl (C=O) groups excluding carboxylic acids is 2. The SMILES string of the molecule is COC(=O)/C(=N\OC(c1ccccc1)(c1ccccc1)c1ccccc1)c1cccc(NC(=O)OC(C)(C)C)n1. The number of amides is 1. The van der Waals surface area contributed by atoms with Crippen molar-refractivity contribution >= 4 is 23.6 Å². The van der Waals surface area contributed by atoms with Gasteiger partial charge in [-0.05, 0) is 32.9 Å². The van der Waals surface area contributed by atoms with Crippen molar-refractivity contribution in [2.75, 3.05) is 12.4 Å². The molecule has 8 heteroatoms. The zero-order valence-electron chi connectivity index (χ0n) is 22.8. The van der Waals surface area contributed by atoms with Crippen molar-refractivity contribution < 1.29 is 23.9 Å². The Kier molecular flexibility index (Phi) is 8.59. The summed E-state index contributed by atoms with van der Waals surface area (Å²) in [7, 11) is 1.25. The molecule has 0 unspecified atom stereocenters. The molecule has 0 aliphatic carbocycles. The third-order valence-electron chi connectivity index (χ3n) is 5.81. The first-order valence-electron chi connectivity index (χ1n) is 12.7. The summed E-state index contributed by atoms with van der Waals surface area (Å²) < 4.78 is 10.3. The first-order valence-corrected chi connectivity index (χ1v) is 12.7. The molecule has 1 amide bonds. The minimum atomic E-state index is -1.21. The Bertz CT molecular complexity index is 1370. The van der Waals surface area contributed by atoms with Gasteiger partial charge >= 0.3 is 12.1 Å². The second-order valence-corrected chi connectivity index (χ2v) is 9.84. The molecule has 0 radical (unpaired) electrons. The van der Waals surface area contributed by atoms with Crippen LogP contribution in [-0.4, -0.2) is 35.5 Å². The number of nitrogens with zero attached hydrogens (tertiary/aromatic N) is 2. The van der Waals surface area contributed by atoms with Crippen LogP contribution in [0.15, 0.2) is 114 Å². The fourth-order valence-corrected chi connectivity index (χ4v) is 4.12. The molecule has 3 aromatic carbocycles. The van der Waals surface area contributed by atoms with E-state index in [1.807, 2.05) is 91.0 Å². The van der Waals surface area contributed by atoms with Crippen LogP contribution in [0.1, 0.15) is 43.2 Å². The Hall–Kier alpha value is -4.98. The minimum Gasteiger partial charge on any atom is -0.464 e. The largest absolute Gasteiger partial charge is 0.464 e. The Morgan fingerprint density at radius 1 is 0.725 bits per heavy atom. The maximum Gasteiger partial charge on any atom is 0.413 e. The van der Waals surface area contributed by atoms with Crippen LogP contribution < -0.4 is 5.32 Å². The topological polar surface area (TPSA) is 99.1 Å². The lowest BCUT2D eigenvalue weighted by Crippen LogP contribution is -2.32. The second kappa shape index (κ2) is 12.3. The maximum atomic E-state index is 13.0. The average Bonchev–Trinajstić information content (AvgIpc) is 2.96. The molecule has 0 saturated heterocycles. The van der Waals surface area contributed by atoms with Gasteiger partial charge < -0.3 is 14.3 Å². The molecule has 40 heavy (non-hydrogen) atoms. The molecule has 0 spiro atoms. The summed E-state index contributed by atoms with van der Waals surface area (Å²) in [6, 6.07) is 33.7. The van der Waals surface area contributed by atoms with Gasteiger partial charge in [0.2, 0.25) is 11.3 Å². The van der Waals surface area contributed by atoms with E-state index in [-0.39, 0.29) is 17.2 Å². The normalized spacial score (nSPS) is 11.8. The van der Waals surface area contributed by atoms with Crippen LogP contribution in [0.5, 0.6) is 0 Å². The number of oxime groups is 1. The maximum absolute atomic E-state index is 13.0. The van der Waals surface area contributed by atoms with Gasteiger partial charge in [0.1, 0.15) is 17.1 Å². The van der Waals surface area contributed by atoms with E-state index in [1.165, 1.54) is 7.11 Å². The highest BCUT2D eigenvalue weighted by Gasteiger charge is 2.40. The van der Waals surface area contributed by atoms with Crippen molar-refractivity contribution in [3.05, 3.63) is 132 Å². The van der Waals surface area contributed by atoms with Gasteiger partial charge in [-0.2, -0.15) is 0 Å².